The van der Waals surface area contributed by atoms with Crippen LogP contribution in [0, 0.1) is 23.2 Å². The van der Waals surface area contributed by atoms with Gasteiger partial charge in [-0.2, -0.15) is 0 Å². The molecule has 0 aromatic rings. The average Bonchev–Trinajstić information content (AvgIpc) is 3.64. The molecule has 2 aliphatic heterocycles. The summed E-state index contributed by atoms with van der Waals surface area (Å²) in [5.41, 5.74) is -0.396. The molecule has 0 spiro atoms. The van der Waals surface area contributed by atoms with Crippen LogP contribution in [-0.2, 0) is 19.1 Å². The van der Waals surface area contributed by atoms with Crippen LogP contribution in [0.1, 0.15) is 52.4 Å². The predicted octanol–water partition coefficient (Wildman–Crippen LogP) is 2.12. The van der Waals surface area contributed by atoms with E-state index in [9.17, 15) is 19.8 Å². The molecule has 5 rings (SSSR count). The third-order valence-corrected chi connectivity index (χ3v) is 7.97. The molecule has 6 nitrogen and oxygen atoms in total. The minimum Gasteiger partial charge on any atom is -0.390 e. The minimum absolute atomic E-state index is 0.00504. The van der Waals surface area contributed by atoms with Crippen LogP contribution in [0.15, 0.2) is 23.8 Å². The quantitative estimate of drug-likeness (QED) is 0.375. The summed E-state index contributed by atoms with van der Waals surface area (Å²) in [7, 11) is 0. The first kappa shape index (κ1) is 20.6. The molecule has 2 heterocycles. The van der Waals surface area contributed by atoms with Crippen molar-refractivity contribution in [2.45, 2.75) is 89.0 Å². The second-order valence-corrected chi connectivity index (χ2v) is 9.65. The molecule has 164 valence electrons. The van der Waals surface area contributed by atoms with Gasteiger partial charge in [-0.3, -0.25) is 9.59 Å². The number of ether oxygens (including phenoxy) is 2. The van der Waals surface area contributed by atoms with Gasteiger partial charge in [0.15, 0.2) is 11.6 Å². The number of hydrogen-bond donors (Lipinski definition) is 2. The zero-order valence-electron chi connectivity index (χ0n) is 17.7. The van der Waals surface area contributed by atoms with Crippen molar-refractivity contribution in [3.05, 3.63) is 23.8 Å². The summed E-state index contributed by atoms with van der Waals surface area (Å²) >= 11 is 0. The fourth-order valence-corrected chi connectivity index (χ4v) is 6.36. The second-order valence-electron chi connectivity index (χ2n) is 9.65. The van der Waals surface area contributed by atoms with E-state index in [0.29, 0.717) is 5.57 Å². The van der Waals surface area contributed by atoms with E-state index in [-0.39, 0.29) is 17.5 Å². The van der Waals surface area contributed by atoms with Gasteiger partial charge in [0.05, 0.1) is 17.6 Å². The third-order valence-electron chi connectivity index (χ3n) is 7.97. The maximum Gasteiger partial charge on any atom is 0.190 e. The number of allylic oxidation sites excluding steroid dienone is 3. The molecular formula is C24H32O6. The molecule has 3 aliphatic carbocycles. The van der Waals surface area contributed by atoms with E-state index in [1.54, 1.807) is 0 Å². The number of epoxide rings is 2. The zero-order valence-corrected chi connectivity index (χ0v) is 17.7. The Morgan fingerprint density at radius 1 is 1.03 bits per heavy atom. The molecule has 0 radical (unpaired) electrons. The molecule has 6 heteroatoms. The van der Waals surface area contributed by atoms with Crippen molar-refractivity contribution >= 4 is 11.6 Å². The fourth-order valence-electron chi connectivity index (χ4n) is 6.36. The molecule has 2 saturated heterocycles. The maximum absolute atomic E-state index is 13.7. The van der Waals surface area contributed by atoms with Crippen LogP contribution in [0.4, 0.5) is 0 Å². The summed E-state index contributed by atoms with van der Waals surface area (Å²) < 4.78 is 11.1. The van der Waals surface area contributed by atoms with Gasteiger partial charge in [-0.25, -0.2) is 0 Å². The minimum atomic E-state index is -0.947. The topological polar surface area (TPSA) is 99.7 Å². The predicted molar refractivity (Wildman–Crippen MR) is 109 cm³/mol. The number of ketones is 2. The standard InChI is InChI=1S/C24H32O6/c1-3-5-7-8-10-24-12(9-6-4-2)11-13-14(17(26)20-19(29-20)16(13)25)15(24)18(27)21-22(30-21)23(24)28/h8,10-12,14-15,17-22,26-27H,3-7,9H2,1-2H3/b10-8+/t12-,14+,15+,17+,18+,19+,20-,21-,22-,24+/m0/s1. The largest absolute Gasteiger partial charge is 0.390 e. The first-order valence-electron chi connectivity index (χ1n) is 11.6. The molecule has 2 N–H and O–H groups in total. The Morgan fingerprint density at radius 3 is 2.47 bits per heavy atom. The van der Waals surface area contributed by atoms with Gasteiger partial charge in [0.25, 0.3) is 0 Å². The Kier molecular flexibility index (Phi) is 5.05. The number of unbranched alkanes of at least 4 members (excludes halogenated alkanes) is 3. The van der Waals surface area contributed by atoms with Gasteiger partial charge in [0, 0.05) is 17.4 Å². The third kappa shape index (κ3) is 2.77. The monoisotopic (exact) mass is 416 g/mol. The Hall–Kier alpha value is -1.34. The summed E-state index contributed by atoms with van der Waals surface area (Å²) in [5.74, 6) is -1.44. The Balaban J connectivity index is 1.64. The number of carbonyl (C=O) groups is 2. The molecule has 10 atom stereocenters. The van der Waals surface area contributed by atoms with Crippen molar-refractivity contribution in [2.24, 2.45) is 23.2 Å². The molecular weight excluding hydrogens is 384 g/mol. The van der Waals surface area contributed by atoms with E-state index < -0.39 is 53.9 Å². The summed E-state index contributed by atoms with van der Waals surface area (Å²) in [6, 6.07) is 0. The van der Waals surface area contributed by atoms with E-state index in [1.807, 2.05) is 12.2 Å². The van der Waals surface area contributed by atoms with Crippen molar-refractivity contribution in [1.82, 2.24) is 0 Å². The van der Waals surface area contributed by atoms with Crippen LogP contribution in [0.3, 0.4) is 0 Å². The molecule has 0 amide bonds. The van der Waals surface area contributed by atoms with Gasteiger partial charge in [-0.15, -0.1) is 0 Å². The van der Waals surface area contributed by atoms with E-state index in [0.717, 1.165) is 38.5 Å². The highest BCUT2D eigenvalue weighted by atomic mass is 16.6. The lowest BCUT2D eigenvalue weighted by atomic mass is 9.48. The van der Waals surface area contributed by atoms with Crippen molar-refractivity contribution in [1.29, 1.82) is 0 Å². The number of fused-ring (bicyclic) bond motifs is 5. The number of carbonyl (C=O) groups excluding carboxylic acids is 2. The van der Waals surface area contributed by atoms with Crippen molar-refractivity contribution < 1.29 is 29.3 Å². The number of aliphatic hydroxyl groups excluding tert-OH is 2. The van der Waals surface area contributed by atoms with Gasteiger partial charge in [-0.1, -0.05) is 57.8 Å². The lowest BCUT2D eigenvalue weighted by Gasteiger charge is -2.54. The number of hydrogen-bond acceptors (Lipinski definition) is 6. The highest BCUT2D eigenvalue weighted by molar-refractivity contribution is 6.04. The van der Waals surface area contributed by atoms with Gasteiger partial charge in [0.1, 0.15) is 24.4 Å². The molecule has 0 aromatic carbocycles. The first-order valence-corrected chi connectivity index (χ1v) is 11.6. The van der Waals surface area contributed by atoms with Crippen LogP contribution in [0.5, 0.6) is 0 Å². The fraction of sp³-hybridized carbons (Fsp3) is 0.750. The van der Waals surface area contributed by atoms with E-state index >= 15 is 0 Å². The van der Waals surface area contributed by atoms with E-state index in [2.05, 4.69) is 19.9 Å². The van der Waals surface area contributed by atoms with Crippen LogP contribution in [0.2, 0.25) is 0 Å². The van der Waals surface area contributed by atoms with Crippen LogP contribution in [0.25, 0.3) is 0 Å². The van der Waals surface area contributed by atoms with Crippen LogP contribution < -0.4 is 0 Å². The lowest BCUT2D eigenvalue weighted by molar-refractivity contribution is -0.147. The summed E-state index contributed by atoms with van der Waals surface area (Å²) in [6.45, 7) is 4.23. The number of Topliss-reactive ketones (excluding diaryl/α,β-unsaturated/α-hetero) is 2. The Labute approximate surface area is 177 Å². The summed E-state index contributed by atoms with van der Waals surface area (Å²) in [4.78, 5) is 26.8. The maximum atomic E-state index is 13.7. The highest BCUT2D eigenvalue weighted by Crippen LogP contribution is 2.62. The zero-order chi connectivity index (χ0) is 21.2. The number of aliphatic hydroxyl groups is 2. The molecule has 0 bridgehead atoms. The van der Waals surface area contributed by atoms with Crippen molar-refractivity contribution in [3.63, 3.8) is 0 Å². The first-order chi connectivity index (χ1) is 14.5. The van der Waals surface area contributed by atoms with Crippen LogP contribution in [-0.4, -0.2) is 58.4 Å². The van der Waals surface area contributed by atoms with Crippen molar-refractivity contribution in [2.75, 3.05) is 0 Å². The van der Waals surface area contributed by atoms with Crippen molar-refractivity contribution in [3.8, 4) is 0 Å². The summed E-state index contributed by atoms with van der Waals surface area (Å²) in [5, 5.41) is 22.3. The van der Waals surface area contributed by atoms with E-state index in [4.69, 9.17) is 9.47 Å². The van der Waals surface area contributed by atoms with Gasteiger partial charge < -0.3 is 19.7 Å². The molecule has 4 fully saturated rings. The summed E-state index contributed by atoms with van der Waals surface area (Å²) in [6.07, 6.45) is 7.65. The van der Waals surface area contributed by atoms with Crippen LogP contribution >= 0.6 is 0 Å². The number of rotatable bonds is 7. The average molecular weight is 417 g/mol. The Bertz CT molecular complexity index is 802. The van der Waals surface area contributed by atoms with Gasteiger partial charge >= 0.3 is 0 Å². The smallest absolute Gasteiger partial charge is 0.190 e. The molecule has 0 aromatic heterocycles. The lowest BCUT2D eigenvalue weighted by Crippen LogP contribution is -2.63. The Morgan fingerprint density at radius 2 is 1.73 bits per heavy atom. The SMILES string of the molecule is CCCC/C=C/[C@]12C(=O)[C@H]3O[C@H]3[C@H](O)[C@H]1[C@H]1C(=C[C@@H]2CCCC)C(=O)[C@H]2O[C@H]2[C@@H]1O. The van der Waals surface area contributed by atoms with Gasteiger partial charge in [-0.05, 0) is 18.8 Å². The molecule has 5 aliphatic rings. The normalized spacial score (nSPS) is 48.5. The highest BCUT2D eigenvalue weighted by Gasteiger charge is 2.73. The molecule has 30 heavy (non-hydrogen) atoms. The molecule has 0 unspecified atom stereocenters. The molecule has 2 saturated carbocycles. The second kappa shape index (κ2) is 7.37. The van der Waals surface area contributed by atoms with E-state index in [1.165, 1.54) is 0 Å². The van der Waals surface area contributed by atoms with Gasteiger partial charge in [0.2, 0.25) is 0 Å².